The number of carbonyl (C=O) groups is 1. The minimum absolute atomic E-state index is 0.0762. The van der Waals surface area contributed by atoms with Crippen LogP contribution >= 0.6 is 0 Å². The van der Waals surface area contributed by atoms with Crippen LogP contribution in [0.3, 0.4) is 0 Å². The van der Waals surface area contributed by atoms with Gasteiger partial charge in [0.25, 0.3) is 0 Å². The molecule has 0 saturated carbocycles. The van der Waals surface area contributed by atoms with Gasteiger partial charge in [-0.2, -0.15) is 0 Å². The molecular formula is C22H25NO3. The molecule has 4 heteroatoms. The van der Waals surface area contributed by atoms with Crippen molar-refractivity contribution in [1.29, 1.82) is 0 Å². The Hall–Kier alpha value is -2.59. The van der Waals surface area contributed by atoms with Crippen LogP contribution in [0, 0.1) is 0 Å². The Bertz CT molecular complexity index is 792. The molecule has 0 spiro atoms. The molecule has 0 unspecified atom stereocenters. The SMILES string of the molecule is COc1cccc(/C=C/C(=O)c2ccc(O)c(CN3CCCCC3)c2)c1. The minimum Gasteiger partial charge on any atom is -0.508 e. The number of nitrogens with zero attached hydrogens (tertiary/aromatic N) is 1. The summed E-state index contributed by atoms with van der Waals surface area (Å²) < 4.78 is 5.20. The number of likely N-dealkylation sites (tertiary alicyclic amines) is 1. The van der Waals surface area contributed by atoms with E-state index in [2.05, 4.69) is 4.90 Å². The van der Waals surface area contributed by atoms with Gasteiger partial charge in [0.1, 0.15) is 11.5 Å². The van der Waals surface area contributed by atoms with E-state index in [0.717, 1.165) is 30.0 Å². The summed E-state index contributed by atoms with van der Waals surface area (Å²) in [5, 5.41) is 10.1. The van der Waals surface area contributed by atoms with Crippen molar-refractivity contribution in [1.82, 2.24) is 4.90 Å². The fourth-order valence-electron chi connectivity index (χ4n) is 3.24. The number of hydrogen-bond donors (Lipinski definition) is 1. The van der Waals surface area contributed by atoms with E-state index in [1.165, 1.54) is 19.3 Å². The molecular weight excluding hydrogens is 326 g/mol. The summed E-state index contributed by atoms with van der Waals surface area (Å²) in [5.74, 6) is 0.935. The molecule has 0 bridgehead atoms. The average Bonchev–Trinajstić information content (AvgIpc) is 2.69. The quantitative estimate of drug-likeness (QED) is 0.623. The van der Waals surface area contributed by atoms with Gasteiger partial charge in [-0.25, -0.2) is 0 Å². The Morgan fingerprint density at radius 2 is 1.96 bits per heavy atom. The predicted molar refractivity (Wildman–Crippen MR) is 104 cm³/mol. The Morgan fingerprint density at radius 3 is 2.73 bits per heavy atom. The van der Waals surface area contributed by atoms with Crippen molar-refractivity contribution in [2.24, 2.45) is 0 Å². The maximum Gasteiger partial charge on any atom is 0.185 e. The second-order valence-corrected chi connectivity index (χ2v) is 6.65. The van der Waals surface area contributed by atoms with Crippen LogP contribution in [0.4, 0.5) is 0 Å². The van der Waals surface area contributed by atoms with Crippen molar-refractivity contribution in [3.8, 4) is 11.5 Å². The van der Waals surface area contributed by atoms with Crippen molar-refractivity contribution in [2.45, 2.75) is 25.8 Å². The van der Waals surface area contributed by atoms with Gasteiger partial charge in [-0.1, -0.05) is 24.6 Å². The summed E-state index contributed by atoms with van der Waals surface area (Å²) in [5.41, 5.74) is 2.31. The largest absolute Gasteiger partial charge is 0.508 e. The third kappa shape index (κ3) is 4.73. The monoisotopic (exact) mass is 351 g/mol. The van der Waals surface area contributed by atoms with Crippen molar-refractivity contribution in [2.75, 3.05) is 20.2 Å². The third-order valence-corrected chi connectivity index (χ3v) is 4.73. The topological polar surface area (TPSA) is 49.8 Å². The second-order valence-electron chi connectivity index (χ2n) is 6.65. The van der Waals surface area contributed by atoms with Crippen molar-refractivity contribution in [3.63, 3.8) is 0 Å². The number of benzene rings is 2. The molecule has 1 fully saturated rings. The fourth-order valence-corrected chi connectivity index (χ4v) is 3.24. The average molecular weight is 351 g/mol. The summed E-state index contributed by atoms with van der Waals surface area (Å²) in [7, 11) is 1.62. The zero-order valence-electron chi connectivity index (χ0n) is 15.1. The number of aromatic hydroxyl groups is 1. The van der Waals surface area contributed by atoms with Gasteiger partial charge in [0, 0.05) is 17.7 Å². The first-order valence-corrected chi connectivity index (χ1v) is 9.06. The van der Waals surface area contributed by atoms with Crippen LogP contribution in [0.15, 0.2) is 48.5 Å². The fraction of sp³-hybridized carbons (Fsp3) is 0.318. The van der Waals surface area contributed by atoms with E-state index in [4.69, 9.17) is 4.74 Å². The summed E-state index contributed by atoms with van der Waals surface area (Å²) in [4.78, 5) is 14.8. The summed E-state index contributed by atoms with van der Waals surface area (Å²) in [6.07, 6.45) is 7.01. The molecule has 0 amide bonds. The highest BCUT2D eigenvalue weighted by Crippen LogP contribution is 2.23. The highest BCUT2D eigenvalue weighted by molar-refractivity contribution is 6.07. The van der Waals surface area contributed by atoms with Gasteiger partial charge in [-0.15, -0.1) is 0 Å². The lowest BCUT2D eigenvalue weighted by Crippen LogP contribution is -2.29. The first-order chi connectivity index (χ1) is 12.7. The van der Waals surface area contributed by atoms with Gasteiger partial charge in [-0.05, 0) is 67.9 Å². The standard InChI is InChI=1S/C22H25NO3/c1-26-20-7-5-6-17(14-20)8-10-21(24)18-9-11-22(25)19(15-18)16-23-12-3-2-4-13-23/h5-11,14-15,25H,2-4,12-13,16H2,1H3/b10-8+. The molecule has 0 aliphatic carbocycles. The number of allylic oxidation sites excluding steroid dienone is 1. The van der Waals surface area contributed by atoms with E-state index in [1.807, 2.05) is 30.3 Å². The van der Waals surface area contributed by atoms with Crippen LogP contribution in [-0.2, 0) is 6.54 Å². The molecule has 1 N–H and O–H groups in total. The first kappa shape index (κ1) is 18.2. The molecule has 3 rings (SSSR count). The molecule has 2 aromatic carbocycles. The molecule has 2 aromatic rings. The zero-order valence-corrected chi connectivity index (χ0v) is 15.1. The van der Waals surface area contributed by atoms with Gasteiger partial charge < -0.3 is 9.84 Å². The lowest BCUT2D eigenvalue weighted by atomic mass is 10.0. The molecule has 0 atom stereocenters. The Labute approximate surface area is 154 Å². The van der Waals surface area contributed by atoms with Crippen LogP contribution < -0.4 is 4.74 Å². The van der Waals surface area contributed by atoms with Crippen LogP contribution in [0.2, 0.25) is 0 Å². The number of piperidine rings is 1. The smallest absolute Gasteiger partial charge is 0.185 e. The number of hydrogen-bond acceptors (Lipinski definition) is 4. The molecule has 0 radical (unpaired) electrons. The molecule has 4 nitrogen and oxygen atoms in total. The van der Waals surface area contributed by atoms with Crippen LogP contribution in [0.5, 0.6) is 11.5 Å². The van der Waals surface area contributed by atoms with E-state index >= 15 is 0 Å². The predicted octanol–water partition coefficient (Wildman–Crippen LogP) is 4.28. The van der Waals surface area contributed by atoms with Gasteiger partial charge in [0.2, 0.25) is 0 Å². The highest BCUT2D eigenvalue weighted by atomic mass is 16.5. The Morgan fingerprint density at radius 1 is 1.15 bits per heavy atom. The zero-order chi connectivity index (χ0) is 18.4. The second kappa shape index (κ2) is 8.68. The minimum atomic E-state index is -0.0762. The van der Waals surface area contributed by atoms with E-state index in [9.17, 15) is 9.90 Å². The van der Waals surface area contributed by atoms with E-state index in [-0.39, 0.29) is 11.5 Å². The molecule has 26 heavy (non-hydrogen) atoms. The summed E-state index contributed by atoms with van der Waals surface area (Å²) in [6.45, 7) is 2.78. The normalized spacial score (nSPS) is 15.3. The van der Waals surface area contributed by atoms with Crippen molar-refractivity contribution >= 4 is 11.9 Å². The van der Waals surface area contributed by atoms with Gasteiger partial charge in [0.05, 0.1) is 7.11 Å². The molecule has 1 aliphatic heterocycles. The number of rotatable bonds is 6. The number of ether oxygens (including phenoxy) is 1. The lowest BCUT2D eigenvalue weighted by molar-refractivity contribution is 0.104. The number of phenolic OH excluding ortho intramolecular Hbond substituents is 1. The molecule has 136 valence electrons. The van der Waals surface area contributed by atoms with E-state index < -0.39 is 0 Å². The number of ketones is 1. The summed E-state index contributed by atoms with van der Waals surface area (Å²) in [6, 6.07) is 12.7. The van der Waals surface area contributed by atoms with E-state index in [1.54, 1.807) is 31.4 Å². The van der Waals surface area contributed by atoms with Gasteiger partial charge in [0.15, 0.2) is 5.78 Å². The number of carbonyl (C=O) groups excluding carboxylic acids is 1. The van der Waals surface area contributed by atoms with Gasteiger partial charge in [-0.3, -0.25) is 9.69 Å². The number of methoxy groups -OCH3 is 1. The summed E-state index contributed by atoms with van der Waals surface area (Å²) >= 11 is 0. The lowest BCUT2D eigenvalue weighted by Gasteiger charge is -2.26. The molecule has 1 aliphatic rings. The van der Waals surface area contributed by atoms with E-state index in [0.29, 0.717) is 12.1 Å². The van der Waals surface area contributed by atoms with Gasteiger partial charge >= 0.3 is 0 Å². The molecule has 1 heterocycles. The number of phenols is 1. The maximum atomic E-state index is 12.5. The maximum absolute atomic E-state index is 12.5. The Kier molecular flexibility index (Phi) is 6.08. The molecule has 0 aromatic heterocycles. The first-order valence-electron chi connectivity index (χ1n) is 9.06. The van der Waals surface area contributed by atoms with Crippen LogP contribution in [-0.4, -0.2) is 36.0 Å². The third-order valence-electron chi connectivity index (χ3n) is 4.73. The molecule has 1 saturated heterocycles. The van der Waals surface area contributed by atoms with Crippen LogP contribution in [0.25, 0.3) is 6.08 Å². The van der Waals surface area contributed by atoms with Crippen molar-refractivity contribution < 1.29 is 14.6 Å². The Balaban J connectivity index is 1.72. The van der Waals surface area contributed by atoms with Crippen LogP contribution in [0.1, 0.15) is 40.7 Å². The van der Waals surface area contributed by atoms with Crippen molar-refractivity contribution in [3.05, 3.63) is 65.2 Å². The highest BCUT2D eigenvalue weighted by Gasteiger charge is 2.14.